The highest BCUT2D eigenvalue weighted by atomic mass is 16.3. The summed E-state index contributed by atoms with van der Waals surface area (Å²) in [6.45, 7) is 0. The highest BCUT2D eigenvalue weighted by molar-refractivity contribution is 6.21. The van der Waals surface area contributed by atoms with Crippen LogP contribution in [0.25, 0.3) is 43.5 Å². The molecule has 0 saturated carbocycles. The molecule has 2 nitrogen and oxygen atoms in total. The number of hydrogen-bond acceptors (Lipinski definition) is 2. The Kier molecular flexibility index (Phi) is 4.18. The van der Waals surface area contributed by atoms with Crippen molar-refractivity contribution in [3.05, 3.63) is 127 Å². The molecule has 1 heterocycles. The Morgan fingerprint density at radius 3 is 2.00 bits per heavy atom. The number of fused-ring (bicyclic) bond motifs is 6. The van der Waals surface area contributed by atoms with Gasteiger partial charge in [0.05, 0.1) is 11.1 Å². The van der Waals surface area contributed by atoms with Crippen molar-refractivity contribution in [3.63, 3.8) is 0 Å². The van der Waals surface area contributed by atoms with E-state index in [-0.39, 0.29) is 0 Å². The number of rotatable bonds is 3. The highest BCUT2D eigenvalue weighted by Gasteiger charge is 2.21. The lowest BCUT2D eigenvalue weighted by molar-refractivity contribution is 0.672. The van der Waals surface area contributed by atoms with Crippen LogP contribution in [0.3, 0.4) is 0 Å². The normalized spacial score (nSPS) is 11.5. The number of anilines is 3. The number of nitrogens with zero attached hydrogens (tertiary/aromatic N) is 1. The molecule has 0 aliphatic rings. The molecule has 0 aliphatic heterocycles. The molecule has 1 aromatic heterocycles. The van der Waals surface area contributed by atoms with Gasteiger partial charge in [0.15, 0.2) is 0 Å². The van der Waals surface area contributed by atoms with Gasteiger partial charge in [0.25, 0.3) is 0 Å². The maximum Gasteiger partial charge on any atom is 0.145 e. The first-order valence-corrected chi connectivity index (χ1v) is 11.5. The summed E-state index contributed by atoms with van der Waals surface area (Å²) in [5.41, 5.74) is 5.17. The van der Waals surface area contributed by atoms with Gasteiger partial charge < -0.3 is 9.32 Å². The van der Waals surface area contributed by atoms with Crippen molar-refractivity contribution in [1.29, 1.82) is 0 Å². The second kappa shape index (κ2) is 7.50. The lowest BCUT2D eigenvalue weighted by atomic mass is 10.0. The van der Waals surface area contributed by atoms with Crippen molar-refractivity contribution in [3.8, 4) is 0 Å². The summed E-state index contributed by atoms with van der Waals surface area (Å²) in [6.07, 6.45) is 0. The van der Waals surface area contributed by atoms with Crippen molar-refractivity contribution in [2.75, 3.05) is 4.90 Å². The predicted molar refractivity (Wildman–Crippen MR) is 143 cm³/mol. The SMILES string of the molecule is c1ccc(N(c2ccc3ccccc3c2)c2cc3ccccc3c3oc4ccccc4c23)cc1. The molecule has 0 spiro atoms. The second-order valence-electron chi connectivity index (χ2n) is 8.62. The second-order valence-corrected chi connectivity index (χ2v) is 8.62. The highest BCUT2D eigenvalue weighted by Crippen LogP contribution is 2.46. The molecule has 0 aliphatic carbocycles. The fraction of sp³-hybridized carbons (Fsp3) is 0. The van der Waals surface area contributed by atoms with Gasteiger partial charge in [0, 0.05) is 22.1 Å². The van der Waals surface area contributed by atoms with E-state index in [0.29, 0.717) is 0 Å². The molecule has 0 saturated heterocycles. The standard InChI is InChI=1S/C32H21NO/c1-2-13-25(14-3-1)33(26-19-18-22-10-4-5-11-23(22)20-26)29-21-24-12-6-7-15-27(24)32-31(29)28-16-8-9-17-30(28)34-32/h1-21H. The number of para-hydroxylation sites is 2. The summed E-state index contributed by atoms with van der Waals surface area (Å²) in [6, 6.07) is 44.8. The van der Waals surface area contributed by atoms with E-state index in [1.54, 1.807) is 0 Å². The average molecular weight is 436 g/mol. The minimum atomic E-state index is 0.904. The number of furan rings is 1. The molecule has 0 bridgehead atoms. The van der Waals surface area contributed by atoms with Crippen LogP contribution < -0.4 is 4.90 Å². The van der Waals surface area contributed by atoms with Gasteiger partial charge in [0.2, 0.25) is 0 Å². The summed E-state index contributed by atoms with van der Waals surface area (Å²) >= 11 is 0. The zero-order chi connectivity index (χ0) is 22.5. The molecule has 0 amide bonds. The van der Waals surface area contributed by atoms with E-state index in [0.717, 1.165) is 49.8 Å². The molecule has 6 aromatic carbocycles. The molecule has 34 heavy (non-hydrogen) atoms. The molecular weight excluding hydrogens is 414 g/mol. The van der Waals surface area contributed by atoms with Gasteiger partial charge in [-0.1, -0.05) is 91.0 Å². The van der Waals surface area contributed by atoms with Crippen LogP contribution in [0.5, 0.6) is 0 Å². The Hall–Kier alpha value is -4.56. The minimum Gasteiger partial charge on any atom is -0.455 e. The van der Waals surface area contributed by atoms with Gasteiger partial charge >= 0.3 is 0 Å². The van der Waals surface area contributed by atoms with Crippen molar-refractivity contribution in [2.45, 2.75) is 0 Å². The minimum absolute atomic E-state index is 0.904. The first-order valence-electron chi connectivity index (χ1n) is 11.5. The lowest BCUT2D eigenvalue weighted by Crippen LogP contribution is -2.10. The van der Waals surface area contributed by atoms with Gasteiger partial charge in [0.1, 0.15) is 11.2 Å². The molecule has 160 valence electrons. The van der Waals surface area contributed by atoms with E-state index in [1.165, 1.54) is 10.8 Å². The van der Waals surface area contributed by atoms with Crippen LogP contribution in [-0.4, -0.2) is 0 Å². The van der Waals surface area contributed by atoms with E-state index in [1.807, 2.05) is 6.07 Å². The zero-order valence-electron chi connectivity index (χ0n) is 18.5. The molecule has 2 heteroatoms. The predicted octanol–water partition coefficient (Wildman–Crippen LogP) is 9.36. The maximum atomic E-state index is 6.47. The monoisotopic (exact) mass is 435 g/mol. The van der Waals surface area contributed by atoms with Gasteiger partial charge in [-0.25, -0.2) is 0 Å². The first-order chi connectivity index (χ1) is 16.9. The summed E-state index contributed by atoms with van der Waals surface area (Å²) in [4.78, 5) is 2.35. The van der Waals surface area contributed by atoms with E-state index in [4.69, 9.17) is 4.42 Å². The molecule has 7 rings (SSSR count). The lowest BCUT2D eigenvalue weighted by Gasteiger charge is -2.27. The van der Waals surface area contributed by atoms with Crippen molar-refractivity contribution in [1.82, 2.24) is 0 Å². The average Bonchev–Trinajstić information content (AvgIpc) is 3.30. The number of hydrogen-bond donors (Lipinski definition) is 0. The Bertz CT molecular complexity index is 1810. The van der Waals surface area contributed by atoms with Crippen molar-refractivity contribution in [2.24, 2.45) is 0 Å². The summed E-state index contributed by atoms with van der Waals surface area (Å²) in [5, 5.41) is 6.99. The van der Waals surface area contributed by atoms with Crippen LogP contribution in [0, 0.1) is 0 Å². The van der Waals surface area contributed by atoms with E-state index >= 15 is 0 Å². The smallest absolute Gasteiger partial charge is 0.145 e. The van der Waals surface area contributed by atoms with Crippen LogP contribution in [0.2, 0.25) is 0 Å². The quantitative estimate of drug-likeness (QED) is 0.275. The zero-order valence-corrected chi connectivity index (χ0v) is 18.5. The molecule has 0 atom stereocenters. The fourth-order valence-electron chi connectivity index (χ4n) is 5.04. The van der Waals surface area contributed by atoms with Crippen molar-refractivity contribution >= 4 is 60.5 Å². The first kappa shape index (κ1) is 19.0. The fourth-order valence-corrected chi connectivity index (χ4v) is 5.04. The Labute approximate surface area is 197 Å². The van der Waals surface area contributed by atoms with Crippen LogP contribution in [0.4, 0.5) is 17.1 Å². The van der Waals surface area contributed by atoms with Crippen molar-refractivity contribution < 1.29 is 4.42 Å². The van der Waals surface area contributed by atoms with E-state index in [9.17, 15) is 0 Å². The largest absolute Gasteiger partial charge is 0.455 e. The molecular formula is C32H21NO. The van der Waals surface area contributed by atoms with Gasteiger partial charge in [-0.15, -0.1) is 0 Å². The summed E-state index contributed by atoms with van der Waals surface area (Å²) in [5.74, 6) is 0. The molecule has 0 unspecified atom stereocenters. The third-order valence-corrected chi connectivity index (χ3v) is 6.60. The Morgan fingerprint density at radius 2 is 1.15 bits per heavy atom. The Balaban J connectivity index is 1.62. The van der Waals surface area contributed by atoms with Crippen LogP contribution in [0.1, 0.15) is 0 Å². The van der Waals surface area contributed by atoms with Crippen LogP contribution in [0.15, 0.2) is 132 Å². The van der Waals surface area contributed by atoms with Gasteiger partial charge in [-0.2, -0.15) is 0 Å². The van der Waals surface area contributed by atoms with E-state index < -0.39 is 0 Å². The van der Waals surface area contributed by atoms with E-state index in [2.05, 4.69) is 126 Å². The third-order valence-electron chi connectivity index (χ3n) is 6.60. The summed E-state index contributed by atoms with van der Waals surface area (Å²) in [7, 11) is 0. The maximum absolute atomic E-state index is 6.47. The van der Waals surface area contributed by atoms with Gasteiger partial charge in [-0.05, 0) is 52.6 Å². The molecule has 0 fully saturated rings. The molecule has 0 radical (unpaired) electrons. The van der Waals surface area contributed by atoms with Crippen LogP contribution in [-0.2, 0) is 0 Å². The third kappa shape index (κ3) is 2.89. The molecule has 0 N–H and O–H groups in total. The summed E-state index contributed by atoms with van der Waals surface area (Å²) < 4.78 is 6.47. The topological polar surface area (TPSA) is 16.4 Å². The van der Waals surface area contributed by atoms with Gasteiger partial charge in [-0.3, -0.25) is 0 Å². The van der Waals surface area contributed by atoms with Crippen LogP contribution >= 0.6 is 0 Å². The molecule has 7 aromatic rings. The Morgan fingerprint density at radius 1 is 0.471 bits per heavy atom. The number of benzene rings is 6.